The molecule has 242 valence electrons. The third-order valence-corrected chi connectivity index (χ3v) is 12.0. The molecular weight excluding hydrogens is 600 g/mol. The number of carbonyl (C=O) groups is 4. The molecule has 1 aromatic carbocycles. The summed E-state index contributed by atoms with van der Waals surface area (Å²) in [6.45, 7) is 0. The van der Waals surface area contributed by atoms with Gasteiger partial charge in [0, 0.05) is 28.4 Å². The highest BCUT2D eigenvalue weighted by Gasteiger charge is 2.70. The summed E-state index contributed by atoms with van der Waals surface area (Å²) in [6, 6.07) is 3.38. The molecule has 3 saturated carbocycles. The number of hydrogen-bond donors (Lipinski definition) is 5. The molecule has 0 heterocycles. The minimum Gasteiger partial charge on any atom is -0.508 e. The van der Waals surface area contributed by atoms with E-state index in [1.165, 1.54) is 25.1 Å². The van der Waals surface area contributed by atoms with Crippen molar-refractivity contribution in [1.82, 2.24) is 4.90 Å². The number of phenolic OH excluding ortho intramolecular Hbond substituents is 1. The largest absolute Gasteiger partial charge is 0.508 e. The first-order valence-corrected chi connectivity index (χ1v) is 16.7. The van der Waals surface area contributed by atoms with E-state index in [1.54, 1.807) is 23.9 Å². The number of amides is 1. The van der Waals surface area contributed by atoms with Crippen molar-refractivity contribution in [1.29, 1.82) is 0 Å². The van der Waals surface area contributed by atoms with E-state index in [4.69, 9.17) is 10.5 Å². The summed E-state index contributed by atoms with van der Waals surface area (Å²) in [5, 5.41) is 46.8. The topological polar surface area (TPSA) is 188 Å². The lowest BCUT2D eigenvalue weighted by Gasteiger charge is -2.55. The van der Waals surface area contributed by atoms with Crippen molar-refractivity contribution in [3.8, 4) is 5.75 Å². The summed E-state index contributed by atoms with van der Waals surface area (Å²) in [6.07, 6.45) is 5.75. The number of aliphatic hydroxyl groups excluding tert-OH is 2. The molecule has 3 fully saturated rings. The van der Waals surface area contributed by atoms with Crippen LogP contribution in [-0.2, 0) is 23.9 Å². The predicted octanol–water partition coefficient (Wildman–Crippen LogP) is 2.89. The minimum atomic E-state index is -2.95. The Balaban J connectivity index is 1.60. The highest BCUT2D eigenvalue weighted by atomic mass is 32.2. The monoisotopic (exact) mass is 640 g/mol. The van der Waals surface area contributed by atoms with Gasteiger partial charge in [0.2, 0.25) is 5.78 Å². The lowest BCUT2D eigenvalue weighted by atomic mass is 9.54. The number of esters is 1. The number of rotatable bonds is 7. The van der Waals surface area contributed by atoms with Gasteiger partial charge in [0.1, 0.15) is 28.9 Å². The number of primary amides is 1. The number of carbonyl (C=O) groups excluding carboxylic acids is 4. The Morgan fingerprint density at radius 3 is 2.31 bits per heavy atom. The van der Waals surface area contributed by atoms with E-state index in [1.807, 2.05) is 0 Å². The molecule has 1 amide bonds. The summed E-state index contributed by atoms with van der Waals surface area (Å²) < 4.78 is 6.30. The van der Waals surface area contributed by atoms with Crippen LogP contribution in [0.25, 0.3) is 5.76 Å². The minimum absolute atomic E-state index is 0.0201. The zero-order valence-electron chi connectivity index (χ0n) is 25.4. The number of ether oxygens (including phenoxy) is 1. The van der Waals surface area contributed by atoms with Gasteiger partial charge in [-0.3, -0.25) is 24.1 Å². The van der Waals surface area contributed by atoms with Crippen molar-refractivity contribution in [2.45, 2.75) is 80.3 Å². The normalized spacial score (nSPS) is 32.1. The van der Waals surface area contributed by atoms with Gasteiger partial charge >= 0.3 is 5.97 Å². The molecule has 6 rings (SSSR count). The maximum Gasteiger partial charge on any atom is 0.309 e. The number of benzene rings is 1. The van der Waals surface area contributed by atoms with Gasteiger partial charge < -0.3 is 30.9 Å². The van der Waals surface area contributed by atoms with Crippen LogP contribution in [-0.4, -0.2) is 91.6 Å². The maximum atomic E-state index is 14.6. The van der Waals surface area contributed by atoms with E-state index in [0.29, 0.717) is 29.4 Å². The van der Waals surface area contributed by atoms with E-state index in [9.17, 15) is 39.6 Å². The summed E-state index contributed by atoms with van der Waals surface area (Å²) in [5.74, 6) is -9.19. The average Bonchev–Trinajstić information content (AvgIpc) is 3.71. The zero-order chi connectivity index (χ0) is 32.4. The number of aliphatic hydroxyl groups is 3. The van der Waals surface area contributed by atoms with Crippen molar-refractivity contribution < 1.29 is 44.3 Å². The Hall–Kier alpha value is -3.35. The summed E-state index contributed by atoms with van der Waals surface area (Å²) in [5.41, 5.74) is 1.87. The Morgan fingerprint density at radius 1 is 1.04 bits per heavy atom. The van der Waals surface area contributed by atoms with E-state index in [2.05, 4.69) is 0 Å². The van der Waals surface area contributed by atoms with Gasteiger partial charge in [0.15, 0.2) is 11.4 Å². The molecule has 0 aromatic heterocycles. The summed E-state index contributed by atoms with van der Waals surface area (Å²) >= 11 is 1.71. The maximum absolute atomic E-state index is 14.6. The molecule has 12 heteroatoms. The second-order valence-electron chi connectivity index (χ2n) is 13.2. The number of thioether (sulfide) groups is 1. The van der Waals surface area contributed by atoms with Crippen LogP contribution in [0.4, 0.5) is 0 Å². The molecule has 5 aliphatic carbocycles. The van der Waals surface area contributed by atoms with Gasteiger partial charge in [0.05, 0.1) is 23.4 Å². The van der Waals surface area contributed by atoms with Gasteiger partial charge in [-0.2, -0.15) is 11.8 Å². The molecule has 0 spiro atoms. The van der Waals surface area contributed by atoms with E-state index in [0.717, 1.165) is 38.5 Å². The highest BCUT2D eigenvalue weighted by Crippen LogP contribution is 2.58. The molecule has 11 nitrogen and oxygen atoms in total. The highest BCUT2D eigenvalue weighted by molar-refractivity contribution is 7.99. The molecule has 0 aliphatic heterocycles. The van der Waals surface area contributed by atoms with Crippen LogP contribution in [0.1, 0.15) is 68.4 Å². The molecule has 6 N–H and O–H groups in total. The van der Waals surface area contributed by atoms with Crippen LogP contribution >= 0.6 is 11.8 Å². The fourth-order valence-electron chi connectivity index (χ4n) is 8.39. The molecule has 0 radical (unpaired) electrons. The van der Waals surface area contributed by atoms with E-state index in [-0.39, 0.29) is 16.9 Å². The number of hydrogen-bond acceptors (Lipinski definition) is 11. The Bertz CT molecular complexity index is 1510. The molecule has 1 unspecified atom stereocenters. The average molecular weight is 641 g/mol. The van der Waals surface area contributed by atoms with Gasteiger partial charge in [-0.15, -0.1) is 0 Å². The Kier molecular flexibility index (Phi) is 8.28. The molecule has 5 aliphatic rings. The number of aromatic hydroxyl groups is 1. The third kappa shape index (κ3) is 4.87. The van der Waals surface area contributed by atoms with Crippen LogP contribution in [0, 0.1) is 17.8 Å². The lowest BCUT2D eigenvalue weighted by molar-refractivity contribution is -0.187. The number of phenols is 1. The van der Waals surface area contributed by atoms with Gasteiger partial charge in [-0.05, 0) is 51.4 Å². The van der Waals surface area contributed by atoms with Crippen LogP contribution in [0.15, 0.2) is 35.1 Å². The molecule has 0 saturated heterocycles. The van der Waals surface area contributed by atoms with Crippen molar-refractivity contribution in [2.24, 2.45) is 23.5 Å². The fraction of sp³-hybridized carbons (Fsp3) is 0.576. The van der Waals surface area contributed by atoms with Crippen LogP contribution in [0.5, 0.6) is 5.75 Å². The second-order valence-corrected chi connectivity index (χ2v) is 14.6. The van der Waals surface area contributed by atoms with Crippen LogP contribution < -0.4 is 5.73 Å². The van der Waals surface area contributed by atoms with E-state index >= 15 is 0 Å². The quantitative estimate of drug-likeness (QED) is 0.218. The first-order valence-electron chi connectivity index (χ1n) is 15.7. The van der Waals surface area contributed by atoms with Gasteiger partial charge in [-0.1, -0.05) is 37.8 Å². The van der Waals surface area contributed by atoms with Crippen molar-refractivity contribution in [2.75, 3.05) is 19.8 Å². The summed E-state index contributed by atoms with van der Waals surface area (Å²) in [4.78, 5) is 56.1. The van der Waals surface area contributed by atoms with Crippen LogP contribution in [0.2, 0.25) is 0 Å². The number of fused-ring (bicyclic) bond motifs is 3. The molecule has 0 bridgehead atoms. The number of ketones is 2. The Labute approximate surface area is 265 Å². The van der Waals surface area contributed by atoms with Gasteiger partial charge in [-0.25, -0.2) is 0 Å². The molecule has 6 atom stereocenters. The third-order valence-electron chi connectivity index (χ3n) is 10.5. The number of nitrogens with two attached hydrogens (primary N) is 1. The number of likely N-dealkylation sites (N-methyl/N-ethyl adjacent to an activating group) is 1. The number of nitrogens with zero attached hydrogens (tertiary/aromatic N) is 1. The first-order chi connectivity index (χ1) is 21.4. The van der Waals surface area contributed by atoms with Gasteiger partial charge in [0.25, 0.3) is 5.91 Å². The van der Waals surface area contributed by atoms with Crippen LogP contribution in [0.3, 0.4) is 0 Å². The Morgan fingerprint density at radius 2 is 1.69 bits per heavy atom. The van der Waals surface area contributed by atoms with Crippen molar-refractivity contribution >= 4 is 41.0 Å². The number of Topliss-reactive ketones (excluding diaryl/α,β-unsaturated/α-hetero) is 2. The standard InChI is InChI=1S/C33H40N2O9S/c1-35(2)25-24-28(44-32(42)15-8-3-4-9-15)21-18(14-45-16-10-5-6-11-16)17-12-7-13-19(36)20(17)26(37)22(21)29(39)33(24,43)30(40)23(27(25)38)31(34)41/h7,12-13,15-16,18,21,24-25,28,36-37,40,43H,3-6,8-11,14H2,1-2H3,(H2,34,41)/t18?,21-,24-,25+,28+,33+/m1/s1. The van der Waals surface area contributed by atoms with E-state index < -0.39 is 82.0 Å². The van der Waals surface area contributed by atoms with Crippen molar-refractivity contribution in [3.05, 3.63) is 46.2 Å². The summed E-state index contributed by atoms with van der Waals surface area (Å²) in [7, 11) is 3.05. The molecule has 1 aromatic rings. The fourth-order valence-corrected chi connectivity index (χ4v) is 9.93. The SMILES string of the molecule is CN(C)[C@@H]1C(=O)C(C(N)=O)=C(O)[C@@]2(O)C(=O)C3=C(O)c4c(O)cccc4C(CSC4CCCC4)[C@H]3[C@H](OC(=O)C3CCCC3)[C@@H]12. The van der Waals surface area contributed by atoms with Crippen molar-refractivity contribution in [3.63, 3.8) is 0 Å². The smallest absolute Gasteiger partial charge is 0.309 e. The second kappa shape index (κ2) is 11.8. The lowest BCUT2D eigenvalue weighted by Crippen LogP contribution is -2.71. The molecular formula is C33H40N2O9S. The molecule has 45 heavy (non-hydrogen) atoms. The predicted molar refractivity (Wildman–Crippen MR) is 165 cm³/mol. The first kappa shape index (κ1) is 31.6. The zero-order valence-corrected chi connectivity index (χ0v) is 26.2.